The monoisotopic (exact) mass is 867 g/mol. The van der Waals surface area contributed by atoms with Gasteiger partial charge in [0, 0.05) is 37.7 Å². The number of ether oxygens (including phenoxy) is 5. The van der Waals surface area contributed by atoms with Crippen LogP contribution in [0.1, 0.15) is 86.7 Å². The fourth-order valence-corrected chi connectivity index (χ4v) is 10.5. The van der Waals surface area contributed by atoms with Gasteiger partial charge in [-0.05, 0) is 54.8 Å². The van der Waals surface area contributed by atoms with E-state index in [1.807, 2.05) is 0 Å². The average Bonchev–Trinajstić information content (AvgIpc) is 3.25. The molecule has 3 aliphatic carbocycles. The average molecular weight is 868 g/mol. The summed E-state index contributed by atoms with van der Waals surface area (Å²) in [7, 11) is 0. The number of amides is 1. The van der Waals surface area contributed by atoms with Crippen LogP contribution < -0.4 is 5.32 Å². The molecule has 4 N–H and O–H groups in total. The lowest BCUT2D eigenvalue weighted by Gasteiger charge is -2.67. The summed E-state index contributed by atoms with van der Waals surface area (Å²) in [5.74, 6) is -7.78. The van der Waals surface area contributed by atoms with Gasteiger partial charge in [0.1, 0.15) is 30.5 Å². The van der Waals surface area contributed by atoms with E-state index in [1.54, 1.807) is 99.6 Å². The second-order valence-corrected chi connectivity index (χ2v) is 17.7. The number of aliphatic hydroxyl groups is 3. The SMILES string of the molecule is CC(=O)OC[C@@H]1C(=O)[C@@]2(C)[C@H](O)C[C@@H]3OC[C@]3(OC(C)=O)[C@@H]2[C@@H](OC(=O)c2ccccc2)C2(O)C[C@@H](OC(=O)[C@@H](O)[C@H](NC(=O)c3ccccc3)c3ccccc3)C(C)=C1C2(C)C. The molecule has 15 nitrogen and oxygen atoms in total. The van der Waals surface area contributed by atoms with E-state index in [9.17, 15) is 39.3 Å². The summed E-state index contributed by atoms with van der Waals surface area (Å²) in [5.41, 5.74) is -6.46. The zero-order chi connectivity index (χ0) is 45.6. The second kappa shape index (κ2) is 17.1. The maximum absolute atomic E-state index is 15.6. The van der Waals surface area contributed by atoms with E-state index >= 15 is 4.79 Å². The van der Waals surface area contributed by atoms with Crippen molar-refractivity contribution in [1.82, 2.24) is 5.32 Å². The highest BCUT2D eigenvalue weighted by molar-refractivity contribution is 5.95. The van der Waals surface area contributed by atoms with Crippen LogP contribution in [0, 0.1) is 22.7 Å². The summed E-state index contributed by atoms with van der Waals surface area (Å²) in [6.45, 7) is 7.77. The highest BCUT2D eigenvalue weighted by Gasteiger charge is 2.78. The highest BCUT2D eigenvalue weighted by atomic mass is 16.6. The van der Waals surface area contributed by atoms with Crippen LogP contribution in [0.25, 0.3) is 0 Å². The molecular weight excluding hydrogens is 815 g/mol. The minimum absolute atomic E-state index is 0.0828. The zero-order valence-corrected chi connectivity index (χ0v) is 35.9. The summed E-state index contributed by atoms with van der Waals surface area (Å²) >= 11 is 0. The van der Waals surface area contributed by atoms with Gasteiger partial charge in [0.05, 0.1) is 41.6 Å². The maximum atomic E-state index is 15.6. The molecule has 1 heterocycles. The molecule has 7 rings (SSSR count). The van der Waals surface area contributed by atoms with E-state index in [0.29, 0.717) is 5.56 Å². The molecule has 3 aromatic carbocycles. The number of nitrogens with one attached hydrogen (secondary N) is 1. The fourth-order valence-electron chi connectivity index (χ4n) is 10.5. The van der Waals surface area contributed by atoms with Crippen molar-refractivity contribution in [3.63, 3.8) is 0 Å². The van der Waals surface area contributed by atoms with Crippen molar-refractivity contribution >= 4 is 35.6 Å². The molecule has 11 atom stereocenters. The van der Waals surface area contributed by atoms with Gasteiger partial charge in [0.15, 0.2) is 17.5 Å². The van der Waals surface area contributed by atoms with Crippen molar-refractivity contribution in [1.29, 1.82) is 0 Å². The van der Waals surface area contributed by atoms with Crippen LogP contribution in [-0.2, 0) is 42.9 Å². The van der Waals surface area contributed by atoms with Gasteiger partial charge in [-0.15, -0.1) is 0 Å². The van der Waals surface area contributed by atoms with Crippen LogP contribution in [0.5, 0.6) is 0 Å². The molecular formula is C48H53NO14. The Balaban J connectivity index is 1.39. The summed E-state index contributed by atoms with van der Waals surface area (Å²) in [6.07, 6.45) is -8.45. The zero-order valence-electron chi connectivity index (χ0n) is 35.9. The topological polar surface area (TPSA) is 221 Å². The third kappa shape index (κ3) is 7.74. The van der Waals surface area contributed by atoms with Crippen LogP contribution in [-0.4, -0.2) is 106 Å². The number of fused-ring (bicyclic) bond motifs is 5. The number of rotatable bonds is 11. The van der Waals surface area contributed by atoms with E-state index in [4.69, 9.17) is 23.7 Å². The molecule has 1 unspecified atom stereocenters. The van der Waals surface area contributed by atoms with E-state index in [1.165, 1.54) is 26.0 Å². The lowest BCUT2D eigenvalue weighted by molar-refractivity contribution is -0.345. The van der Waals surface area contributed by atoms with Gasteiger partial charge < -0.3 is 44.3 Å². The predicted molar refractivity (Wildman–Crippen MR) is 222 cm³/mol. The van der Waals surface area contributed by atoms with Crippen LogP contribution >= 0.6 is 0 Å². The molecule has 2 saturated carbocycles. The normalized spacial score (nSPS) is 31.5. The Bertz CT molecular complexity index is 2300. The number of ketones is 1. The standard InChI is InChI=1S/C48H53NO14/c1-26-33(61-44(57)38(53)37(29-16-10-7-11-17-29)49-42(55)30-18-12-8-13-19-30)23-48(58)41(62-43(56)31-20-14-9-15-21-31)39-46(6,34(52)22-35-47(39,25-60-35)63-28(3)51)40(54)32(24-59-27(2)50)36(26)45(48,4)5/h7-21,32-35,37-39,41,52-53,58H,22-25H2,1-6H3,(H,49,55)/t32-,33+,34+,35-,37+,38-,39+,41+,46-,47+,48?/m0/s1. The van der Waals surface area contributed by atoms with Crippen molar-refractivity contribution in [2.45, 2.75) is 102 Å². The molecule has 334 valence electrons. The first kappa shape index (κ1) is 45.3. The number of Topliss-reactive ketones (excluding diaryl/α,β-unsaturated/α-hetero) is 1. The molecule has 1 saturated heterocycles. The number of hydrogen-bond acceptors (Lipinski definition) is 14. The van der Waals surface area contributed by atoms with Crippen molar-refractivity contribution in [2.75, 3.05) is 13.2 Å². The summed E-state index contributed by atoms with van der Waals surface area (Å²) < 4.78 is 30.1. The van der Waals surface area contributed by atoms with Crippen molar-refractivity contribution in [3.05, 3.63) is 119 Å². The Hall–Kier alpha value is -5.74. The highest BCUT2D eigenvalue weighted by Crippen LogP contribution is 2.65. The summed E-state index contributed by atoms with van der Waals surface area (Å²) in [6, 6.07) is 23.1. The Morgan fingerprint density at radius 3 is 2.00 bits per heavy atom. The summed E-state index contributed by atoms with van der Waals surface area (Å²) in [4.78, 5) is 83.3. The molecule has 2 bridgehead atoms. The van der Waals surface area contributed by atoms with Crippen LogP contribution in [0.4, 0.5) is 0 Å². The lowest BCUT2D eigenvalue weighted by atomic mass is 9.43. The molecule has 15 heteroatoms. The third-order valence-electron chi connectivity index (χ3n) is 13.8. The van der Waals surface area contributed by atoms with Gasteiger partial charge in [0.2, 0.25) is 0 Å². The first-order valence-corrected chi connectivity index (χ1v) is 20.9. The third-order valence-corrected chi connectivity index (χ3v) is 13.8. The minimum atomic E-state index is -2.34. The Morgan fingerprint density at radius 2 is 1.44 bits per heavy atom. The first-order valence-electron chi connectivity index (χ1n) is 20.9. The second-order valence-electron chi connectivity index (χ2n) is 17.7. The van der Waals surface area contributed by atoms with E-state index in [-0.39, 0.29) is 35.3 Å². The number of benzene rings is 3. The number of carbonyl (C=O) groups excluding carboxylic acids is 6. The van der Waals surface area contributed by atoms with Gasteiger partial charge in [-0.2, -0.15) is 0 Å². The van der Waals surface area contributed by atoms with Gasteiger partial charge in [-0.1, -0.05) is 80.6 Å². The van der Waals surface area contributed by atoms with Gasteiger partial charge in [-0.25, -0.2) is 9.59 Å². The smallest absolute Gasteiger partial charge is 0.338 e. The van der Waals surface area contributed by atoms with E-state index in [2.05, 4.69) is 5.32 Å². The fraction of sp³-hybridized carbons (Fsp3) is 0.458. The lowest BCUT2D eigenvalue weighted by Crippen LogP contribution is -2.81. The molecule has 0 aromatic heterocycles. The molecule has 3 fully saturated rings. The molecule has 0 spiro atoms. The van der Waals surface area contributed by atoms with Crippen molar-refractivity contribution in [2.24, 2.45) is 22.7 Å². The van der Waals surface area contributed by atoms with Crippen molar-refractivity contribution < 1.29 is 67.8 Å². The molecule has 3 aromatic rings. The van der Waals surface area contributed by atoms with Crippen molar-refractivity contribution in [3.8, 4) is 0 Å². The molecule has 4 aliphatic rings. The number of esters is 4. The number of carbonyl (C=O) groups is 6. The van der Waals surface area contributed by atoms with E-state index < -0.39 is 119 Å². The molecule has 1 amide bonds. The summed E-state index contributed by atoms with van der Waals surface area (Å²) in [5, 5.41) is 40.4. The number of hydrogen-bond donors (Lipinski definition) is 4. The Morgan fingerprint density at radius 1 is 0.857 bits per heavy atom. The number of aliphatic hydroxyl groups excluding tert-OH is 2. The minimum Gasteiger partial charge on any atom is -0.465 e. The predicted octanol–water partition coefficient (Wildman–Crippen LogP) is 3.98. The Labute approximate surface area is 364 Å². The maximum Gasteiger partial charge on any atom is 0.338 e. The van der Waals surface area contributed by atoms with E-state index in [0.717, 1.165) is 6.92 Å². The van der Waals surface area contributed by atoms with Crippen LogP contribution in [0.15, 0.2) is 102 Å². The van der Waals surface area contributed by atoms with Crippen LogP contribution in [0.3, 0.4) is 0 Å². The van der Waals surface area contributed by atoms with Gasteiger partial charge in [-0.3, -0.25) is 19.2 Å². The molecule has 0 radical (unpaired) electrons. The molecule has 1 aliphatic heterocycles. The van der Waals surface area contributed by atoms with Gasteiger partial charge >= 0.3 is 23.9 Å². The quantitative estimate of drug-likeness (QED) is 0.122. The molecule has 63 heavy (non-hydrogen) atoms. The largest absolute Gasteiger partial charge is 0.465 e. The van der Waals surface area contributed by atoms with Gasteiger partial charge in [0.25, 0.3) is 5.91 Å². The van der Waals surface area contributed by atoms with Crippen LogP contribution in [0.2, 0.25) is 0 Å². The Kier molecular flexibility index (Phi) is 12.3. The first-order chi connectivity index (χ1) is 29.8.